The maximum atomic E-state index is 5.94. The number of rotatable bonds is 13. The second-order valence-corrected chi connectivity index (χ2v) is 7.31. The minimum Gasteiger partial charge on any atom is -0.497 e. The van der Waals surface area contributed by atoms with Crippen LogP contribution in [0.25, 0.3) is 0 Å². The van der Waals surface area contributed by atoms with Crippen LogP contribution in [-0.4, -0.2) is 64.9 Å². The molecule has 0 saturated heterocycles. The molecule has 0 fully saturated rings. The molecule has 0 aliphatic carbocycles. The lowest BCUT2D eigenvalue weighted by Gasteiger charge is -2.19. The summed E-state index contributed by atoms with van der Waals surface area (Å²) in [5, 5.41) is 6.70. The molecule has 0 unspecified atom stereocenters. The number of methoxy groups -OCH3 is 2. The van der Waals surface area contributed by atoms with Crippen molar-refractivity contribution in [3.05, 3.63) is 53.6 Å². The van der Waals surface area contributed by atoms with Crippen molar-refractivity contribution in [1.82, 2.24) is 15.5 Å². The van der Waals surface area contributed by atoms with Gasteiger partial charge >= 0.3 is 0 Å². The zero-order valence-electron chi connectivity index (χ0n) is 20.1. The molecular weight excluding hydrogens is 404 g/mol. The molecule has 0 aliphatic heterocycles. The highest BCUT2D eigenvalue weighted by atomic mass is 16.5. The average molecular weight is 443 g/mol. The van der Waals surface area contributed by atoms with E-state index in [-0.39, 0.29) is 0 Å². The Bertz CT molecular complexity index is 820. The predicted molar refractivity (Wildman–Crippen MR) is 131 cm³/mol. The fourth-order valence-electron chi connectivity index (χ4n) is 3.29. The molecule has 2 N–H and O–H groups in total. The molecule has 2 aromatic carbocycles. The van der Waals surface area contributed by atoms with E-state index in [1.807, 2.05) is 30.3 Å². The van der Waals surface area contributed by atoms with E-state index in [0.29, 0.717) is 13.2 Å². The van der Waals surface area contributed by atoms with Crippen LogP contribution in [0.1, 0.15) is 25.0 Å². The summed E-state index contributed by atoms with van der Waals surface area (Å²) in [6.07, 6.45) is 0.901. The van der Waals surface area contributed by atoms with Crippen molar-refractivity contribution in [1.29, 1.82) is 0 Å². The van der Waals surface area contributed by atoms with E-state index in [4.69, 9.17) is 14.2 Å². The number of guanidine groups is 1. The molecule has 0 saturated carbocycles. The van der Waals surface area contributed by atoms with E-state index in [9.17, 15) is 0 Å². The largest absolute Gasteiger partial charge is 0.497 e. The van der Waals surface area contributed by atoms with Gasteiger partial charge in [0.15, 0.2) is 17.5 Å². The highest BCUT2D eigenvalue weighted by Crippen LogP contribution is 2.28. The monoisotopic (exact) mass is 442 g/mol. The van der Waals surface area contributed by atoms with Crippen molar-refractivity contribution in [3.63, 3.8) is 0 Å². The number of aliphatic imine (C=N–C) groups is 1. The molecule has 0 amide bonds. The van der Waals surface area contributed by atoms with Crippen LogP contribution in [0.3, 0.4) is 0 Å². The molecule has 7 nitrogen and oxygen atoms in total. The number of ether oxygens (including phenoxy) is 3. The van der Waals surface area contributed by atoms with Gasteiger partial charge in [0.2, 0.25) is 0 Å². The normalized spacial score (nSPS) is 11.4. The van der Waals surface area contributed by atoms with Gasteiger partial charge in [-0.15, -0.1) is 0 Å². The van der Waals surface area contributed by atoms with Gasteiger partial charge < -0.3 is 29.7 Å². The molecule has 0 heterocycles. The third-order valence-corrected chi connectivity index (χ3v) is 5.34. The lowest BCUT2D eigenvalue weighted by Crippen LogP contribution is -2.37. The summed E-state index contributed by atoms with van der Waals surface area (Å²) in [5.41, 5.74) is 2.34. The molecule has 0 aliphatic rings. The standard InChI is InChI=1S/C25H38N4O3/c1-6-29(7-2)16-17-32-23-13-10-21(18-24(23)31-5)19-28-25(26-3)27-15-14-20-8-11-22(30-4)12-9-20/h8-13,18H,6-7,14-17,19H2,1-5H3,(H2,26,27,28). The van der Waals surface area contributed by atoms with Crippen LogP contribution < -0.4 is 24.8 Å². The quantitative estimate of drug-likeness (QED) is 0.366. The Morgan fingerprint density at radius 1 is 0.906 bits per heavy atom. The Labute approximate surface area is 192 Å². The van der Waals surface area contributed by atoms with Crippen LogP contribution in [0, 0.1) is 0 Å². The van der Waals surface area contributed by atoms with Gasteiger partial charge in [-0.05, 0) is 54.9 Å². The molecule has 2 aromatic rings. The Kier molecular flexibility index (Phi) is 11.2. The summed E-state index contributed by atoms with van der Waals surface area (Å²) >= 11 is 0. The topological polar surface area (TPSA) is 67.4 Å². The first-order valence-corrected chi connectivity index (χ1v) is 11.2. The van der Waals surface area contributed by atoms with Gasteiger partial charge in [-0.25, -0.2) is 0 Å². The van der Waals surface area contributed by atoms with Gasteiger partial charge in [0.25, 0.3) is 0 Å². The first-order valence-electron chi connectivity index (χ1n) is 11.2. The lowest BCUT2D eigenvalue weighted by atomic mass is 10.1. The third kappa shape index (κ3) is 8.30. The average Bonchev–Trinajstić information content (AvgIpc) is 2.84. The zero-order valence-corrected chi connectivity index (χ0v) is 20.1. The SMILES string of the molecule is CCN(CC)CCOc1ccc(CNC(=NC)NCCc2ccc(OC)cc2)cc1OC. The summed E-state index contributed by atoms with van der Waals surface area (Å²) in [6, 6.07) is 14.1. The van der Waals surface area contributed by atoms with Gasteiger partial charge in [-0.2, -0.15) is 0 Å². The second-order valence-electron chi connectivity index (χ2n) is 7.31. The van der Waals surface area contributed by atoms with Crippen LogP contribution in [-0.2, 0) is 13.0 Å². The first-order chi connectivity index (χ1) is 15.6. The highest BCUT2D eigenvalue weighted by Gasteiger charge is 2.08. The summed E-state index contributed by atoms with van der Waals surface area (Å²) in [7, 11) is 5.12. The van der Waals surface area contributed by atoms with Crippen LogP contribution in [0.15, 0.2) is 47.5 Å². The van der Waals surface area contributed by atoms with Gasteiger partial charge in [-0.3, -0.25) is 4.99 Å². The van der Waals surface area contributed by atoms with Crippen molar-refractivity contribution in [2.75, 3.05) is 54.1 Å². The number of likely N-dealkylation sites (N-methyl/N-ethyl adjacent to an activating group) is 1. The molecule has 0 bridgehead atoms. The van der Waals surface area contributed by atoms with Crippen LogP contribution in [0.2, 0.25) is 0 Å². The van der Waals surface area contributed by atoms with E-state index < -0.39 is 0 Å². The minimum absolute atomic E-state index is 0.637. The van der Waals surface area contributed by atoms with Gasteiger partial charge in [-0.1, -0.05) is 32.0 Å². The Hall–Kier alpha value is -2.93. The fourth-order valence-corrected chi connectivity index (χ4v) is 3.29. The number of nitrogens with one attached hydrogen (secondary N) is 2. The molecular formula is C25H38N4O3. The molecule has 32 heavy (non-hydrogen) atoms. The van der Waals surface area contributed by atoms with Crippen molar-refractivity contribution in [3.8, 4) is 17.2 Å². The predicted octanol–water partition coefficient (Wildman–Crippen LogP) is 3.33. The summed E-state index contributed by atoms with van der Waals surface area (Å²) in [6.45, 7) is 9.33. The van der Waals surface area contributed by atoms with E-state index in [1.54, 1.807) is 21.3 Å². The Morgan fingerprint density at radius 2 is 1.62 bits per heavy atom. The number of nitrogens with zero attached hydrogens (tertiary/aromatic N) is 2. The van der Waals surface area contributed by atoms with Crippen molar-refractivity contribution >= 4 is 5.96 Å². The van der Waals surface area contributed by atoms with E-state index >= 15 is 0 Å². The Morgan fingerprint density at radius 3 is 2.25 bits per heavy atom. The zero-order chi connectivity index (χ0) is 23.2. The summed E-state index contributed by atoms with van der Waals surface area (Å²) < 4.78 is 16.7. The molecule has 0 radical (unpaired) electrons. The maximum Gasteiger partial charge on any atom is 0.191 e. The highest BCUT2D eigenvalue weighted by molar-refractivity contribution is 5.79. The van der Waals surface area contributed by atoms with E-state index in [2.05, 4.69) is 46.5 Å². The van der Waals surface area contributed by atoms with E-state index in [1.165, 1.54) is 5.56 Å². The molecule has 0 atom stereocenters. The maximum absolute atomic E-state index is 5.94. The second kappa shape index (κ2) is 14.2. The molecule has 0 aromatic heterocycles. The molecule has 176 valence electrons. The van der Waals surface area contributed by atoms with Gasteiger partial charge in [0, 0.05) is 26.7 Å². The van der Waals surface area contributed by atoms with Crippen LogP contribution in [0.4, 0.5) is 0 Å². The minimum atomic E-state index is 0.637. The van der Waals surface area contributed by atoms with Crippen LogP contribution in [0.5, 0.6) is 17.2 Å². The fraction of sp³-hybridized carbons (Fsp3) is 0.480. The van der Waals surface area contributed by atoms with Crippen LogP contribution >= 0.6 is 0 Å². The summed E-state index contributed by atoms with van der Waals surface area (Å²) in [5.74, 6) is 3.14. The smallest absolute Gasteiger partial charge is 0.191 e. The molecule has 0 spiro atoms. The third-order valence-electron chi connectivity index (χ3n) is 5.34. The van der Waals surface area contributed by atoms with Crippen molar-refractivity contribution in [2.45, 2.75) is 26.8 Å². The summed E-state index contributed by atoms with van der Waals surface area (Å²) in [4.78, 5) is 6.64. The number of hydrogen-bond acceptors (Lipinski definition) is 5. The molecule has 7 heteroatoms. The first kappa shape index (κ1) is 25.3. The number of hydrogen-bond donors (Lipinski definition) is 2. The molecule has 2 rings (SSSR count). The van der Waals surface area contributed by atoms with Gasteiger partial charge in [0.05, 0.1) is 14.2 Å². The van der Waals surface area contributed by atoms with Crippen molar-refractivity contribution in [2.24, 2.45) is 4.99 Å². The lowest BCUT2D eigenvalue weighted by molar-refractivity contribution is 0.217. The van der Waals surface area contributed by atoms with E-state index in [0.717, 1.165) is 61.4 Å². The Balaban J connectivity index is 1.81. The van der Waals surface area contributed by atoms with Gasteiger partial charge in [0.1, 0.15) is 12.4 Å². The van der Waals surface area contributed by atoms with Crippen molar-refractivity contribution < 1.29 is 14.2 Å². The number of benzene rings is 2.